The number of amides is 2. The number of hydrogen-bond acceptors (Lipinski definition) is 7. The monoisotopic (exact) mass is 443 g/mol. The normalized spacial score (nSPS) is 15.9. The van der Waals surface area contributed by atoms with E-state index in [0.29, 0.717) is 16.3 Å². The topological polar surface area (TPSA) is 102 Å². The van der Waals surface area contributed by atoms with Gasteiger partial charge in [0.2, 0.25) is 5.91 Å². The predicted molar refractivity (Wildman–Crippen MR) is 119 cm³/mol. The highest BCUT2D eigenvalue weighted by atomic mass is 32.2. The Kier molecular flexibility index (Phi) is 6.48. The number of non-ortho nitro benzene ring substituents is 1. The molecule has 1 atom stereocenters. The maximum Gasteiger partial charge on any atom is 0.269 e. The highest BCUT2D eigenvalue weighted by Gasteiger charge is 2.38. The lowest BCUT2D eigenvalue weighted by molar-refractivity contribution is -0.384. The number of para-hydroxylation sites is 1. The Bertz CT molecular complexity index is 1050. The lowest BCUT2D eigenvalue weighted by atomic mass is 10.1. The lowest BCUT2D eigenvalue weighted by Crippen LogP contribution is -2.44. The minimum atomic E-state index is -0.865. The van der Waals surface area contributed by atoms with Crippen LogP contribution < -0.4 is 10.1 Å². The maximum absolute atomic E-state index is 12.9. The van der Waals surface area contributed by atoms with Gasteiger partial charge in [0.25, 0.3) is 11.6 Å². The van der Waals surface area contributed by atoms with Crippen molar-refractivity contribution in [3.8, 4) is 5.75 Å². The van der Waals surface area contributed by atoms with Crippen molar-refractivity contribution in [1.82, 2.24) is 4.90 Å². The predicted octanol–water partition coefficient (Wildman–Crippen LogP) is 3.83. The van der Waals surface area contributed by atoms with Gasteiger partial charge in [-0.15, -0.1) is 0 Å². The second kappa shape index (κ2) is 9.06. The van der Waals surface area contributed by atoms with Gasteiger partial charge in [-0.1, -0.05) is 42.2 Å². The number of anilines is 1. The lowest BCUT2D eigenvalue weighted by Gasteiger charge is -2.22. The zero-order chi connectivity index (χ0) is 21.8. The van der Waals surface area contributed by atoms with E-state index in [2.05, 4.69) is 5.32 Å². The van der Waals surface area contributed by atoms with Crippen LogP contribution in [0.25, 0.3) is 6.08 Å². The summed E-state index contributed by atoms with van der Waals surface area (Å²) in [6, 6.07) is 11.8. The number of thioether (sulfide) groups is 1. The fraction of sp³-hybridized carbons (Fsp3) is 0.150. The minimum absolute atomic E-state index is 0.0838. The molecule has 3 rings (SSSR count). The van der Waals surface area contributed by atoms with Crippen LogP contribution in [0.4, 0.5) is 11.4 Å². The SMILES string of the molecule is COc1ccccc1/C=C1\SC(=S)N(C(C)C(=O)Nc2ccc([N+](=O)[O-])cc2)C1=O. The summed E-state index contributed by atoms with van der Waals surface area (Å²) in [5.41, 5.74) is 1.02. The Morgan fingerprint density at radius 1 is 1.27 bits per heavy atom. The van der Waals surface area contributed by atoms with Gasteiger partial charge in [-0.25, -0.2) is 0 Å². The van der Waals surface area contributed by atoms with Crippen LogP contribution in [0, 0.1) is 10.1 Å². The number of nitro benzene ring substituents is 1. The first-order chi connectivity index (χ1) is 14.3. The van der Waals surface area contributed by atoms with Crippen LogP contribution in [0.15, 0.2) is 53.4 Å². The minimum Gasteiger partial charge on any atom is -0.496 e. The molecular weight excluding hydrogens is 426 g/mol. The maximum atomic E-state index is 12.9. The summed E-state index contributed by atoms with van der Waals surface area (Å²) in [6.45, 7) is 1.57. The number of nitrogens with one attached hydrogen (secondary N) is 1. The molecule has 2 aromatic rings. The van der Waals surface area contributed by atoms with E-state index in [9.17, 15) is 19.7 Å². The van der Waals surface area contributed by atoms with Crippen LogP contribution in [-0.2, 0) is 9.59 Å². The number of rotatable bonds is 6. The number of benzene rings is 2. The van der Waals surface area contributed by atoms with Gasteiger partial charge in [-0.2, -0.15) is 0 Å². The van der Waals surface area contributed by atoms with Crippen molar-refractivity contribution in [2.24, 2.45) is 0 Å². The third-order valence-corrected chi connectivity index (χ3v) is 5.69. The number of carbonyl (C=O) groups excluding carboxylic acids is 2. The van der Waals surface area contributed by atoms with Crippen LogP contribution in [0.3, 0.4) is 0 Å². The van der Waals surface area contributed by atoms with E-state index < -0.39 is 16.9 Å². The number of nitrogens with zero attached hydrogens (tertiary/aromatic N) is 2. The fourth-order valence-corrected chi connectivity index (χ4v) is 4.18. The Balaban J connectivity index is 1.75. The Morgan fingerprint density at radius 2 is 1.93 bits per heavy atom. The summed E-state index contributed by atoms with van der Waals surface area (Å²) in [6.07, 6.45) is 1.68. The van der Waals surface area contributed by atoms with Gasteiger partial charge in [0.05, 0.1) is 16.9 Å². The molecule has 1 N–H and O–H groups in total. The van der Waals surface area contributed by atoms with Crippen molar-refractivity contribution in [2.75, 3.05) is 12.4 Å². The summed E-state index contributed by atoms with van der Waals surface area (Å²) >= 11 is 6.43. The zero-order valence-corrected chi connectivity index (χ0v) is 17.7. The summed E-state index contributed by atoms with van der Waals surface area (Å²) < 4.78 is 5.57. The van der Waals surface area contributed by atoms with Gasteiger partial charge >= 0.3 is 0 Å². The van der Waals surface area contributed by atoms with Gasteiger partial charge in [-0.3, -0.25) is 24.6 Å². The van der Waals surface area contributed by atoms with E-state index >= 15 is 0 Å². The number of nitro groups is 1. The molecule has 0 radical (unpaired) electrons. The third-order valence-electron chi connectivity index (χ3n) is 4.36. The Hall–Kier alpha value is -3.24. The molecule has 8 nitrogen and oxygen atoms in total. The molecule has 1 heterocycles. The summed E-state index contributed by atoms with van der Waals surface area (Å²) in [5.74, 6) is -0.215. The molecular formula is C20H17N3O5S2. The van der Waals surface area contributed by atoms with Gasteiger partial charge < -0.3 is 10.1 Å². The fourth-order valence-electron chi connectivity index (χ4n) is 2.77. The highest BCUT2D eigenvalue weighted by Crippen LogP contribution is 2.35. The molecule has 0 spiro atoms. The smallest absolute Gasteiger partial charge is 0.269 e. The van der Waals surface area contributed by atoms with E-state index in [1.165, 1.54) is 29.2 Å². The molecule has 0 aliphatic carbocycles. The summed E-state index contributed by atoms with van der Waals surface area (Å²) in [7, 11) is 1.54. The van der Waals surface area contributed by atoms with Crippen molar-refractivity contribution in [2.45, 2.75) is 13.0 Å². The molecule has 2 amide bonds. The molecule has 0 bridgehead atoms. The first kappa shape index (κ1) is 21.5. The van der Waals surface area contributed by atoms with E-state index in [4.69, 9.17) is 17.0 Å². The molecule has 1 aliphatic heterocycles. The van der Waals surface area contributed by atoms with Crippen molar-refractivity contribution < 1.29 is 19.2 Å². The first-order valence-corrected chi connectivity index (χ1v) is 9.99. The molecule has 1 saturated heterocycles. The van der Waals surface area contributed by atoms with Crippen LogP contribution >= 0.6 is 24.0 Å². The van der Waals surface area contributed by atoms with Gasteiger partial charge in [0.15, 0.2) is 0 Å². The largest absolute Gasteiger partial charge is 0.496 e. The number of methoxy groups -OCH3 is 1. The molecule has 2 aromatic carbocycles. The molecule has 154 valence electrons. The van der Waals surface area contributed by atoms with E-state index in [1.807, 2.05) is 18.2 Å². The van der Waals surface area contributed by atoms with E-state index in [-0.39, 0.29) is 15.9 Å². The van der Waals surface area contributed by atoms with Crippen LogP contribution in [0.1, 0.15) is 12.5 Å². The average Bonchev–Trinajstić information content (AvgIpc) is 3.01. The standard InChI is InChI=1S/C20H17N3O5S2/c1-12(18(24)21-14-7-9-15(10-8-14)23(26)27)22-19(25)17(30-20(22)29)11-13-5-3-4-6-16(13)28-2/h3-12H,1-2H3,(H,21,24)/b17-11-. The number of thiocarbonyl (C=S) groups is 1. The van der Waals surface area contributed by atoms with Crippen molar-refractivity contribution in [3.05, 3.63) is 69.1 Å². The molecule has 1 aliphatic rings. The van der Waals surface area contributed by atoms with E-state index in [0.717, 1.165) is 17.3 Å². The van der Waals surface area contributed by atoms with Gasteiger partial charge in [0, 0.05) is 23.4 Å². The Labute approximate surface area is 182 Å². The highest BCUT2D eigenvalue weighted by molar-refractivity contribution is 8.26. The van der Waals surface area contributed by atoms with Crippen molar-refractivity contribution in [3.63, 3.8) is 0 Å². The second-order valence-electron chi connectivity index (χ2n) is 6.26. The first-order valence-electron chi connectivity index (χ1n) is 8.77. The molecule has 10 heteroatoms. The molecule has 1 unspecified atom stereocenters. The quantitative estimate of drug-likeness (QED) is 0.313. The number of hydrogen-bond donors (Lipinski definition) is 1. The molecule has 0 aromatic heterocycles. The molecule has 30 heavy (non-hydrogen) atoms. The molecule has 0 saturated carbocycles. The molecule has 1 fully saturated rings. The van der Waals surface area contributed by atoms with E-state index in [1.54, 1.807) is 26.2 Å². The second-order valence-corrected chi connectivity index (χ2v) is 7.94. The summed E-state index contributed by atoms with van der Waals surface area (Å²) in [5, 5.41) is 13.4. The van der Waals surface area contributed by atoms with Gasteiger partial charge in [0.1, 0.15) is 16.1 Å². The Morgan fingerprint density at radius 3 is 2.57 bits per heavy atom. The van der Waals surface area contributed by atoms with Gasteiger partial charge in [-0.05, 0) is 31.2 Å². The number of ether oxygens (including phenoxy) is 1. The zero-order valence-electron chi connectivity index (χ0n) is 16.0. The van der Waals surface area contributed by atoms with Crippen LogP contribution in [-0.4, -0.2) is 39.1 Å². The number of carbonyl (C=O) groups is 2. The summed E-state index contributed by atoms with van der Waals surface area (Å²) in [4.78, 5) is 37.4. The van der Waals surface area contributed by atoms with Crippen LogP contribution in [0.2, 0.25) is 0 Å². The van der Waals surface area contributed by atoms with Crippen LogP contribution in [0.5, 0.6) is 5.75 Å². The van der Waals surface area contributed by atoms with Crippen molar-refractivity contribution >= 4 is 57.6 Å². The third kappa shape index (κ3) is 4.50. The average molecular weight is 444 g/mol. The van der Waals surface area contributed by atoms with Crippen molar-refractivity contribution in [1.29, 1.82) is 0 Å².